The molecule has 2 heterocycles. The summed E-state index contributed by atoms with van der Waals surface area (Å²) < 4.78 is 26.1. The van der Waals surface area contributed by atoms with E-state index in [-0.39, 0.29) is 12.4 Å². The number of urea groups is 1. The Labute approximate surface area is 120 Å². The van der Waals surface area contributed by atoms with Crippen LogP contribution in [0.5, 0.6) is 0 Å². The van der Waals surface area contributed by atoms with E-state index in [2.05, 4.69) is 15.3 Å². The summed E-state index contributed by atoms with van der Waals surface area (Å²) >= 11 is 0. The number of rotatable bonds is 4. The third kappa shape index (κ3) is 3.53. The lowest BCUT2D eigenvalue weighted by Gasteiger charge is -2.19. The van der Waals surface area contributed by atoms with Gasteiger partial charge < -0.3 is 10.2 Å². The molecule has 0 aliphatic rings. The number of halogens is 2. The van der Waals surface area contributed by atoms with Crippen LogP contribution in [0.2, 0.25) is 0 Å². The first kappa shape index (κ1) is 14.9. The quantitative estimate of drug-likeness (QED) is 0.943. The van der Waals surface area contributed by atoms with Crippen LogP contribution in [0.3, 0.4) is 0 Å². The zero-order valence-corrected chi connectivity index (χ0v) is 11.6. The smallest absolute Gasteiger partial charge is 0.320 e. The Bertz CT molecular complexity index is 629. The first-order chi connectivity index (χ1) is 9.99. The van der Waals surface area contributed by atoms with Crippen molar-refractivity contribution in [2.24, 2.45) is 0 Å². The van der Waals surface area contributed by atoms with Gasteiger partial charge in [0, 0.05) is 37.5 Å². The summed E-state index contributed by atoms with van der Waals surface area (Å²) in [5, 5.41) is 2.69. The van der Waals surface area contributed by atoms with Crippen molar-refractivity contribution in [2.45, 2.75) is 20.0 Å². The molecule has 0 radical (unpaired) electrons. The number of alkyl halides is 2. The minimum atomic E-state index is -2.68. The Hall–Kier alpha value is -2.51. The molecule has 0 atom stereocenters. The van der Waals surface area contributed by atoms with Crippen LogP contribution in [0.4, 0.5) is 19.3 Å². The Morgan fingerprint density at radius 2 is 2.24 bits per heavy atom. The van der Waals surface area contributed by atoms with Gasteiger partial charge in [-0.25, -0.2) is 9.78 Å². The highest BCUT2D eigenvalue weighted by atomic mass is 19.3. The molecule has 2 aromatic heterocycles. The van der Waals surface area contributed by atoms with Crippen LogP contribution < -0.4 is 5.32 Å². The topological polar surface area (TPSA) is 63.1 Å². The molecule has 0 aliphatic carbocycles. The number of carbonyl (C=O) groups is 1. The number of carbonyl (C=O) groups excluding carboxylic acids is 1. The van der Waals surface area contributed by atoms with Crippen LogP contribution >= 0.6 is 0 Å². The van der Waals surface area contributed by atoms with Crippen molar-refractivity contribution >= 4 is 11.7 Å². The fraction of sp³-hybridized carbons (Fsp3) is 0.308. The fourth-order valence-corrected chi connectivity index (χ4v) is 1.75. The van der Waals surface area contributed by atoms with Gasteiger partial charge in [-0.1, -0.05) is 0 Å². The maximum Gasteiger partial charge on any atom is 0.322 e. The lowest BCUT2D eigenvalue weighted by Crippen LogP contribution is -2.32. The molecule has 2 aromatic rings. The van der Waals surface area contributed by atoms with E-state index in [9.17, 15) is 13.6 Å². The van der Waals surface area contributed by atoms with Crippen molar-refractivity contribution in [1.82, 2.24) is 19.4 Å². The average molecular weight is 295 g/mol. The number of imidazole rings is 1. The van der Waals surface area contributed by atoms with Gasteiger partial charge in [0.05, 0.1) is 6.54 Å². The van der Waals surface area contributed by atoms with E-state index >= 15 is 0 Å². The molecule has 112 valence electrons. The third-order valence-corrected chi connectivity index (χ3v) is 2.95. The molecule has 8 heteroatoms. The van der Waals surface area contributed by atoms with Crippen LogP contribution in [-0.2, 0) is 6.54 Å². The SMILES string of the molecule is Cc1cnccc1NC(=O)N(C)Cc1nccn1C(F)F. The van der Waals surface area contributed by atoms with Gasteiger partial charge in [0.1, 0.15) is 5.82 Å². The van der Waals surface area contributed by atoms with Gasteiger partial charge in [-0.3, -0.25) is 9.55 Å². The number of aromatic nitrogens is 3. The molecule has 0 aliphatic heterocycles. The summed E-state index contributed by atoms with van der Waals surface area (Å²) in [6.07, 6.45) is 5.64. The zero-order chi connectivity index (χ0) is 15.4. The van der Waals surface area contributed by atoms with Gasteiger partial charge >= 0.3 is 12.6 Å². The average Bonchev–Trinajstić information content (AvgIpc) is 2.89. The van der Waals surface area contributed by atoms with Gasteiger partial charge in [0.2, 0.25) is 0 Å². The van der Waals surface area contributed by atoms with Crippen LogP contribution in [0.25, 0.3) is 0 Å². The highest BCUT2D eigenvalue weighted by molar-refractivity contribution is 5.89. The predicted molar refractivity (Wildman–Crippen MR) is 72.9 cm³/mol. The van der Waals surface area contributed by atoms with Crippen LogP contribution in [0.1, 0.15) is 17.9 Å². The first-order valence-electron chi connectivity index (χ1n) is 6.21. The molecule has 0 bridgehead atoms. The zero-order valence-electron chi connectivity index (χ0n) is 11.6. The van der Waals surface area contributed by atoms with Crippen molar-refractivity contribution in [3.05, 3.63) is 42.2 Å². The summed E-state index contributed by atoms with van der Waals surface area (Å²) in [7, 11) is 1.51. The van der Waals surface area contributed by atoms with E-state index in [1.165, 1.54) is 24.3 Å². The second-order valence-electron chi connectivity index (χ2n) is 4.51. The highest BCUT2D eigenvalue weighted by Gasteiger charge is 2.16. The number of hydrogen-bond acceptors (Lipinski definition) is 3. The van der Waals surface area contributed by atoms with Crippen molar-refractivity contribution < 1.29 is 13.6 Å². The Morgan fingerprint density at radius 3 is 2.90 bits per heavy atom. The number of pyridine rings is 1. The lowest BCUT2D eigenvalue weighted by atomic mass is 10.2. The molecule has 0 unspecified atom stereocenters. The molecule has 0 fully saturated rings. The van der Waals surface area contributed by atoms with Crippen molar-refractivity contribution in [2.75, 3.05) is 12.4 Å². The van der Waals surface area contributed by atoms with E-state index in [4.69, 9.17) is 0 Å². The number of nitrogens with zero attached hydrogens (tertiary/aromatic N) is 4. The van der Waals surface area contributed by atoms with E-state index < -0.39 is 12.6 Å². The molecule has 0 aromatic carbocycles. The molecule has 0 saturated carbocycles. The summed E-state index contributed by atoms with van der Waals surface area (Å²) in [5.74, 6) is 0.120. The van der Waals surface area contributed by atoms with E-state index in [1.807, 2.05) is 6.92 Å². The number of nitrogens with one attached hydrogen (secondary N) is 1. The van der Waals surface area contributed by atoms with Crippen LogP contribution in [0.15, 0.2) is 30.9 Å². The first-order valence-corrected chi connectivity index (χ1v) is 6.21. The molecule has 6 nitrogen and oxygen atoms in total. The molecule has 0 saturated heterocycles. The van der Waals surface area contributed by atoms with Gasteiger partial charge in [0.15, 0.2) is 0 Å². The number of anilines is 1. The van der Waals surface area contributed by atoms with Gasteiger partial charge in [-0.05, 0) is 18.6 Å². The Balaban J connectivity index is 2.03. The van der Waals surface area contributed by atoms with Gasteiger partial charge in [-0.15, -0.1) is 0 Å². The maximum absolute atomic E-state index is 12.7. The second-order valence-corrected chi connectivity index (χ2v) is 4.51. The monoisotopic (exact) mass is 295 g/mol. The number of aryl methyl sites for hydroxylation is 1. The molecule has 2 amide bonds. The van der Waals surface area contributed by atoms with Crippen molar-refractivity contribution in [1.29, 1.82) is 0 Å². The largest absolute Gasteiger partial charge is 0.322 e. The number of amides is 2. The van der Waals surface area contributed by atoms with Crippen LogP contribution in [0, 0.1) is 6.92 Å². The summed E-state index contributed by atoms with van der Waals surface area (Å²) in [5.41, 5.74) is 1.44. The standard InChI is InChI=1S/C13H15F2N5O/c1-9-7-16-4-3-10(9)18-13(21)19(2)8-11-17-5-6-20(11)12(14)15/h3-7,12H,8H2,1-2H3,(H,16,18,21). The summed E-state index contributed by atoms with van der Waals surface area (Å²) in [6, 6.07) is 1.26. The summed E-state index contributed by atoms with van der Waals surface area (Å²) in [6.45, 7) is -0.888. The fourth-order valence-electron chi connectivity index (χ4n) is 1.75. The third-order valence-electron chi connectivity index (χ3n) is 2.95. The van der Waals surface area contributed by atoms with Gasteiger partial charge in [0.25, 0.3) is 0 Å². The molecule has 21 heavy (non-hydrogen) atoms. The Morgan fingerprint density at radius 1 is 1.48 bits per heavy atom. The second kappa shape index (κ2) is 6.29. The lowest BCUT2D eigenvalue weighted by molar-refractivity contribution is 0.0652. The molecule has 2 rings (SSSR count). The van der Waals surface area contributed by atoms with E-state index in [0.717, 1.165) is 10.1 Å². The molecule has 1 N–H and O–H groups in total. The van der Waals surface area contributed by atoms with E-state index in [1.54, 1.807) is 18.5 Å². The molecular formula is C13H15F2N5O. The normalized spacial score (nSPS) is 10.7. The molecule has 0 spiro atoms. The Kier molecular flexibility index (Phi) is 4.46. The van der Waals surface area contributed by atoms with E-state index in [0.29, 0.717) is 5.69 Å². The highest BCUT2D eigenvalue weighted by Crippen LogP contribution is 2.15. The van der Waals surface area contributed by atoms with Crippen LogP contribution in [-0.4, -0.2) is 32.5 Å². The number of hydrogen-bond donors (Lipinski definition) is 1. The minimum absolute atomic E-state index is 0.0205. The minimum Gasteiger partial charge on any atom is -0.320 e. The van der Waals surface area contributed by atoms with Crippen molar-refractivity contribution in [3.8, 4) is 0 Å². The predicted octanol–water partition coefficient (Wildman–Crippen LogP) is 2.65. The molecular weight excluding hydrogens is 280 g/mol. The van der Waals surface area contributed by atoms with Crippen molar-refractivity contribution in [3.63, 3.8) is 0 Å². The maximum atomic E-state index is 12.7. The van der Waals surface area contributed by atoms with Gasteiger partial charge in [-0.2, -0.15) is 8.78 Å². The summed E-state index contributed by atoms with van der Waals surface area (Å²) in [4.78, 5) is 21.1.